The van der Waals surface area contributed by atoms with E-state index in [4.69, 9.17) is 10.5 Å². The highest BCUT2D eigenvalue weighted by Crippen LogP contribution is 2.11. The number of ether oxygens (including phenoxy) is 1. The predicted molar refractivity (Wildman–Crippen MR) is 83.1 cm³/mol. The molecule has 6 nitrogen and oxygen atoms in total. The highest BCUT2D eigenvalue weighted by molar-refractivity contribution is 5.83. The summed E-state index contributed by atoms with van der Waals surface area (Å²) in [5, 5.41) is 0. The van der Waals surface area contributed by atoms with Gasteiger partial charge in [0.1, 0.15) is 11.9 Å². The molecule has 1 saturated heterocycles. The maximum absolute atomic E-state index is 13.6. The minimum atomic E-state index is -0.680. The molecule has 7 heteroatoms. The van der Waals surface area contributed by atoms with Gasteiger partial charge in [-0.05, 0) is 11.6 Å². The van der Waals surface area contributed by atoms with Gasteiger partial charge in [0.2, 0.25) is 11.8 Å². The van der Waals surface area contributed by atoms with Crippen LogP contribution in [0.25, 0.3) is 0 Å². The van der Waals surface area contributed by atoms with Crippen LogP contribution in [0.2, 0.25) is 0 Å². The smallest absolute Gasteiger partial charge is 0.241 e. The van der Waals surface area contributed by atoms with Gasteiger partial charge in [-0.3, -0.25) is 9.59 Å². The van der Waals surface area contributed by atoms with E-state index in [1.165, 1.54) is 13.2 Å². The Bertz CT molecular complexity index is 559. The summed E-state index contributed by atoms with van der Waals surface area (Å²) in [7, 11) is 1.49. The molecule has 0 spiro atoms. The van der Waals surface area contributed by atoms with Gasteiger partial charge in [-0.15, -0.1) is 0 Å². The molecule has 0 saturated carbocycles. The number of methoxy groups -OCH3 is 1. The Morgan fingerprint density at radius 2 is 1.83 bits per heavy atom. The molecule has 2 N–H and O–H groups in total. The second-order valence-corrected chi connectivity index (χ2v) is 5.54. The van der Waals surface area contributed by atoms with Crippen molar-refractivity contribution >= 4 is 11.8 Å². The summed E-state index contributed by atoms with van der Waals surface area (Å²) in [6.07, 6.45) is 0.0316. The molecule has 1 atom stereocenters. The zero-order chi connectivity index (χ0) is 16.8. The summed E-state index contributed by atoms with van der Waals surface area (Å²) in [5.74, 6) is -0.684. The number of piperazine rings is 1. The molecule has 0 radical (unpaired) electrons. The van der Waals surface area contributed by atoms with Crippen molar-refractivity contribution in [1.82, 2.24) is 9.80 Å². The summed E-state index contributed by atoms with van der Waals surface area (Å²) >= 11 is 0. The highest BCUT2D eigenvalue weighted by atomic mass is 19.1. The van der Waals surface area contributed by atoms with Gasteiger partial charge >= 0.3 is 0 Å². The first-order valence-electron chi connectivity index (χ1n) is 7.57. The minimum absolute atomic E-state index is 0.0316. The molecule has 2 amide bonds. The van der Waals surface area contributed by atoms with E-state index < -0.39 is 6.04 Å². The lowest BCUT2D eigenvalue weighted by Crippen LogP contribution is -2.55. The maximum Gasteiger partial charge on any atom is 0.241 e. The molecule has 1 aliphatic rings. The van der Waals surface area contributed by atoms with Gasteiger partial charge in [0.15, 0.2) is 0 Å². The van der Waals surface area contributed by atoms with E-state index in [2.05, 4.69) is 0 Å². The van der Waals surface area contributed by atoms with E-state index in [1.54, 1.807) is 28.0 Å². The largest absolute Gasteiger partial charge is 0.383 e. The van der Waals surface area contributed by atoms with Gasteiger partial charge in [0.05, 0.1) is 13.0 Å². The van der Waals surface area contributed by atoms with Gasteiger partial charge in [0, 0.05) is 33.3 Å². The fourth-order valence-electron chi connectivity index (χ4n) is 2.58. The van der Waals surface area contributed by atoms with E-state index in [-0.39, 0.29) is 30.7 Å². The quantitative estimate of drug-likeness (QED) is 0.828. The van der Waals surface area contributed by atoms with Gasteiger partial charge < -0.3 is 20.3 Å². The Kier molecular flexibility index (Phi) is 6.06. The van der Waals surface area contributed by atoms with Crippen molar-refractivity contribution in [2.75, 3.05) is 39.9 Å². The molecule has 1 fully saturated rings. The monoisotopic (exact) mass is 323 g/mol. The van der Waals surface area contributed by atoms with E-state index in [9.17, 15) is 14.0 Å². The molecule has 126 valence electrons. The summed E-state index contributed by atoms with van der Waals surface area (Å²) in [6, 6.07) is 5.57. The Hall–Kier alpha value is -1.99. The number of amides is 2. The molecule has 23 heavy (non-hydrogen) atoms. The van der Waals surface area contributed by atoms with Gasteiger partial charge in [-0.1, -0.05) is 18.2 Å². The van der Waals surface area contributed by atoms with Gasteiger partial charge in [-0.2, -0.15) is 0 Å². The first-order valence-corrected chi connectivity index (χ1v) is 7.57. The number of carbonyl (C=O) groups excluding carboxylic acids is 2. The van der Waals surface area contributed by atoms with E-state index >= 15 is 0 Å². The van der Waals surface area contributed by atoms with Crippen LogP contribution in [0, 0.1) is 5.82 Å². The average molecular weight is 323 g/mol. The fourth-order valence-corrected chi connectivity index (χ4v) is 2.58. The van der Waals surface area contributed by atoms with Crippen LogP contribution in [-0.4, -0.2) is 67.6 Å². The average Bonchev–Trinajstić information content (AvgIpc) is 2.56. The standard InChI is InChI=1S/C16H22FN3O3/c1-23-11-14(18)16(22)20-8-6-19(7-9-20)15(21)10-12-4-2-3-5-13(12)17/h2-5,14H,6-11,18H2,1H3. The Morgan fingerprint density at radius 3 is 2.43 bits per heavy atom. The fraction of sp³-hybridized carbons (Fsp3) is 0.500. The lowest BCUT2D eigenvalue weighted by atomic mass is 10.1. The Morgan fingerprint density at radius 1 is 1.22 bits per heavy atom. The topological polar surface area (TPSA) is 75.9 Å². The second-order valence-electron chi connectivity index (χ2n) is 5.54. The molecule has 1 aromatic carbocycles. The van der Waals surface area contributed by atoms with Crippen LogP contribution in [0.3, 0.4) is 0 Å². The van der Waals surface area contributed by atoms with Crippen LogP contribution >= 0.6 is 0 Å². The molecule has 1 unspecified atom stereocenters. The number of nitrogens with zero attached hydrogens (tertiary/aromatic N) is 2. The summed E-state index contributed by atoms with van der Waals surface area (Å²) in [4.78, 5) is 27.6. The van der Waals surface area contributed by atoms with Crippen LogP contribution in [0.15, 0.2) is 24.3 Å². The number of hydrogen-bond donors (Lipinski definition) is 1. The summed E-state index contributed by atoms with van der Waals surface area (Å²) in [6.45, 7) is 1.89. The Balaban J connectivity index is 1.85. The van der Waals surface area contributed by atoms with Crippen LogP contribution in [0.1, 0.15) is 5.56 Å². The van der Waals surface area contributed by atoms with Crippen molar-refractivity contribution < 1.29 is 18.7 Å². The van der Waals surface area contributed by atoms with Crippen molar-refractivity contribution in [3.63, 3.8) is 0 Å². The van der Waals surface area contributed by atoms with E-state index in [0.717, 1.165) is 0 Å². The van der Waals surface area contributed by atoms with Crippen LogP contribution in [0.5, 0.6) is 0 Å². The first-order chi connectivity index (χ1) is 11.0. The van der Waals surface area contributed by atoms with Crippen LogP contribution in [-0.2, 0) is 20.7 Å². The number of hydrogen-bond acceptors (Lipinski definition) is 4. The van der Waals surface area contributed by atoms with E-state index in [0.29, 0.717) is 31.7 Å². The lowest BCUT2D eigenvalue weighted by molar-refractivity contribution is -0.140. The second kappa shape index (κ2) is 8.03. The van der Waals surface area contributed by atoms with Crippen molar-refractivity contribution in [3.05, 3.63) is 35.6 Å². The number of halogens is 1. The number of rotatable bonds is 5. The molecule has 2 rings (SSSR count). The molecule has 1 heterocycles. The highest BCUT2D eigenvalue weighted by Gasteiger charge is 2.27. The van der Waals surface area contributed by atoms with Gasteiger partial charge in [-0.25, -0.2) is 4.39 Å². The van der Waals surface area contributed by atoms with Crippen molar-refractivity contribution in [3.8, 4) is 0 Å². The third kappa shape index (κ3) is 4.49. The van der Waals surface area contributed by atoms with Crippen LogP contribution in [0.4, 0.5) is 4.39 Å². The predicted octanol–water partition coefficient (Wildman–Crippen LogP) is 0.0127. The summed E-state index contributed by atoms with van der Waals surface area (Å²) in [5.41, 5.74) is 6.12. The molecule has 0 bridgehead atoms. The molecular weight excluding hydrogens is 301 g/mol. The van der Waals surface area contributed by atoms with E-state index in [1.807, 2.05) is 0 Å². The number of benzene rings is 1. The van der Waals surface area contributed by atoms with Crippen molar-refractivity contribution in [2.24, 2.45) is 5.73 Å². The molecule has 1 aromatic rings. The maximum atomic E-state index is 13.6. The molecular formula is C16H22FN3O3. The first kappa shape index (κ1) is 17.4. The Labute approximate surface area is 135 Å². The minimum Gasteiger partial charge on any atom is -0.383 e. The summed E-state index contributed by atoms with van der Waals surface area (Å²) < 4.78 is 18.5. The SMILES string of the molecule is COCC(N)C(=O)N1CCN(C(=O)Cc2ccccc2F)CC1. The molecule has 1 aliphatic heterocycles. The lowest BCUT2D eigenvalue weighted by Gasteiger charge is -2.36. The van der Waals surface area contributed by atoms with Crippen LogP contribution < -0.4 is 5.73 Å². The van der Waals surface area contributed by atoms with Crippen molar-refractivity contribution in [2.45, 2.75) is 12.5 Å². The normalized spacial score (nSPS) is 16.3. The molecule has 0 aromatic heterocycles. The third-order valence-electron chi connectivity index (χ3n) is 3.91. The van der Waals surface area contributed by atoms with Crippen molar-refractivity contribution in [1.29, 1.82) is 0 Å². The molecule has 0 aliphatic carbocycles. The number of carbonyl (C=O) groups is 2. The number of nitrogens with two attached hydrogens (primary N) is 1. The third-order valence-corrected chi connectivity index (χ3v) is 3.91. The zero-order valence-electron chi connectivity index (χ0n) is 13.2. The van der Waals surface area contributed by atoms with Gasteiger partial charge in [0.25, 0.3) is 0 Å². The zero-order valence-corrected chi connectivity index (χ0v) is 13.2.